The molecule has 10 heteroatoms. The molecule has 3 rings (SSSR count). The van der Waals surface area contributed by atoms with Gasteiger partial charge in [-0.15, -0.1) is 0 Å². The highest BCUT2D eigenvalue weighted by Gasteiger charge is 2.51. The number of aryl methyl sites for hydroxylation is 2. The minimum Gasteiger partial charge on any atom is -0.478 e. The number of benzene rings is 2. The number of alkyl halides is 3. The van der Waals surface area contributed by atoms with Crippen LogP contribution in [0, 0.1) is 13.8 Å². The molecule has 1 N–H and O–H groups in total. The van der Waals surface area contributed by atoms with E-state index in [4.69, 9.17) is 4.74 Å². The molecule has 0 spiro atoms. The number of nitrogens with zero attached hydrogens (tertiary/aromatic N) is 2. The standard InChI is InChI=1S/C25H27F3N2O5/c1-14-11-16(12-15(2)19(14)35-24(5,6)21(32)33)13-29-22(34)30(20(31)23(29,3)4)18-9-7-17(8-10-18)25(26,27)28/h7-12H,13H2,1-6H3,(H,32,33). The normalized spacial score (nSPS) is 16.1. The molecular formula is C25H27F3N2O5. The Morgan fingerprint density at radius 1 is 1.03 bits per heavy atom. The Morgan fingerprint density at radius 3 is 2.00 bits per heavy atom. The highest BCUT2D eigenvalue weighted by Crippen LogP contribution is 2.36. The van der Waals surface area contributed by atoms with E-state index in [9.17, 15) is 32.7 Å². The zero-order chi connectivity index (χ0) is 26.5. The summed E-state index contributed by atoms with van der Waals surface area (Å²) < 4.78 is 44.4. The summed E-state index contributed by atoms with van der Waals surface area (Å²) in [7, 11) is 0. The summed E-state index contributed by atoms with van der Waals surface area (Å²) in [6, 6.07) is 6.70. The Hall–Kier alpha value is -3.56. The van der Waals surface area contributed by atoms with Crippen LogP contribution in [-0.4, -0.2) is 39.1 Å². The summed E-state index contributed by atoms with van der Waals surface area (Å²) in [6.07, 6.45) is -4.53. The predicted molar refractivity (Wildman–Crippen MR) is 122 cm³/mol. The number of halogens is 3. The maximum Gasteiger partial charge on any atom is 0.416 e. The van der Waals surface area contributed by atoms with Crippen molar-refractivity contribution in [2.45, 2.75) is 65.4 Å². The largest absolute Gasteiger partial charge is 0.478 e. The van der Waals surface area contributed by atoms with Crippen LogP contribution in [0.2, 0.25) is 0 Å². The lowest BCUT2D eigenvalue weighted by Gasteiger charge is -2.29. The molecule has 2 aromatic rings. The summed E-state index contributed by atoms with van der Waals surface area (Å²) in [6.45, 7) is 9.58. The molecule has 0 radical (unpaired) electrons. The molecule has 0 bridgehead atoms. The smallest absolute Gasteiger partial charge is 0.416 e. The van der Waals surface area contributed by atoms with Crippen LogP contribution >= 0.6 is 0 Å². The van der Waals surface area contributed by atoms with Crippen molar-refractivity contribution in [1.82, 2.24) is 4.90 Å². The SMILES string of the molecule is Cc1cc(CN2C(=O)N(c3ccc(C(F)(F)F)cc3)C(=O)C2(C)C)cc(C)c1OC(C)(C)C(=O)O. The van der Waals surface area contributed by atoms with Crippen LogP contribution in [0.15, 0.2) is 36.4 Å². The zero-order valence-electron chi connectivity index (χ0n) is 20.3. The number of carbonyl (C=O) groups excluding carboxylic acids is 2. The van der Waals surface area contributed by atoms with Crippen molar-refractivity contribution < 1.29 is 37.4 Å². The summed E-state index contributed by atoms with van der Waals surface area (Å²) in [5.41, 5.74) is -1.52. The van der Waals surface area contributed by atoms with E-state index < -0.39 is 40.8 Å². The van der Waals surface area contributed by atoms with E-state index in [1.165, 1.54) is 18.7 Å². The maximum absolute atomic E-state index is 13.2. The Balaban J connectivity index is 1.90. The topological polar surface area (TPSA) is 87.2 Å². The lowest BCUT2D eigenvalue weighted by Crippen LogP contribution is -2.43. The molecule has 1 saturated heterocycles. The van der Waals surface area contributed by atoms with Crippen molar-refractivity contribution in [3.8, 4) is 5.75 Å². The number of carbonyl (C=O) groups is 3. The lowest BCUT2D eigenvalue weighted by atomic mass is 10.0. The first-order valence-corrected chi connectivity index (χ1v) is 10.8. The number of imide groups is 1. The van der Waals surface area contributed by atoms with Gasteiger partial charge in [0.05, 0.1) is 11.3 Å². The second kappa shape index (κ2) is 8.58. The van der Waals surface area contributed by atoms with Gasteiger partial charge in [0.1, 0.15) is 11.3 Å². The van der Waals surface area contributed by atoms with Crippen LogP contribution in [0.1, 0.15) is 49.9 Å². The highest BCUT2D eigenvalue weighted by atomic mass is 19.4. The van der Waals surface area contributed by atoms with E-state index in [2.05, 4.69) is 0 Å². The van der Waals surface area contributed by atoms with Crippen LogP contribution in [0.5, 0.6) is 5.75 Å². The number of hydrogen-bond donors (Lipinski definition) is 1. The van der Waals surface area contributed by atoms with E-state index in [1.807, 2.05) is 0 Å². The van der Waals surface area contributed by atoms with Gasteiger partial charge in [0.15, 0.2) is 5.60 Å². The highest BCUT2D eigenvalue weighted by molar-refractivity contribution is 6.22. The van der Waals surface area contributed by atoms with Crippen molar-refractivity contribution in [2.24, 2.45) is 0 Å². The number of urea groups is 1. The number of carboxylic acids is 1. The number of anilines is 1. The van der Waals surface area contributed by atoms with E-state index in [-0.39, 0.29) is 12.2 Å². The van der Waals surface area contributed by atoms with Crippen LogP contribution in [0.4, 0.5) is 23.7 Å². The van der Waals surface area contributed by atoms with Gasteiger partial charge in [-0.05, 0) is 82.5 Å². The molecule has 3 amide bonds. The van der Waals surface area contributed by atoms with Gasteiger partial charge in [-0.2, -0.15) is 13.2 Å². The van der Waals surface area contributed by atoms with Gasteiger partial charge >= 0.3 is 18.2 Å². The molecule has 35 heavy (non-hydrogen) atoms. The number of amides is 3. The van der Waals surface area contributed by atoms with E-state index in [1.54, 1.807) is 39.8 Å². The average Bonchev–Trinajstić information content (AvgIpc) is 2.89. The number of carboxylic acid groups (broad SMARTS) is 1. The van der Waals surface area contributed by atoms with Crippen LogP contribution in [-0.2, 0) is 22.3 Å². The van der Waals surface area contributed by atoms with E-state index >= 15 is 0 Å². The molecule has 0 unspecified atom stereocenters. The third kappa shape index (κ3) is 4.82. The monoisotopic (exact) mass is 492 g/mol. The zero-order valence-corrected chi connectivity index (χ0v) is 20.3. The van der Waals surface area contributed by atoms with Crippen molar-refractivity contribution in [3.63, 3.8) is 0 Å². The average molecular weight is 492 g/mol. The third-order valence-corrected chi connectivity index (χ3v) is 6.01. The molecule has 0 aromatic heterocycles. The van der Waals surface area contributed by atoms with Crippen molar-refractivity contribution in [3.05, 3.63) is 58.7 Å². The first-order valence-electron chi connectivity index (χ1n) is 10.8. The lowest BCUT2D eigenvalue weighted by molar-refractivity contribution is -0.152. The maximum atomic E-state index is 13.2. The molecule has 0 atom stereocenters. The first-order chi connectivity index (χ1) is 16.0. The summed E-state index contributed by atoms with van der Waals surface area (Å²) in [5.74, 6) is -1.26. The van der Waals surface area contributed by atoms with Gasteiger partial charge < -0.3 is 14.7 Å². The van der Waals surface area contributed by atoms with Gasteiger partial charge in [-0.25, -0.2) is 14.5 Å². The summed E-state index contributed by atoms with van der Waals surface area (Å²) in [5, 5.41) is 9.35. The molecule has 1 heterocycles. The predicted octanol–water partition coefficient (Wildman–Crippen LogP) is 5.31. The van der Waals surface area contributed by atoms with Crippen molar-refractivity contribution in [2.75, 3.05) is 4.90 Å². The molecule has 7 nitrogen and oxygen atoms in total. The van der Waals surface area contributed by atoms with Crippen molar-refractivity contribution in [1.29, 1.82) is 0 Å². The molecular weight excluding hydrogens is 465 g/mol. The van der Waals surface area contributed by atoms with Crippen molar-refractivity contribution >= 4 is 23.6 Å². The second-order valence-electron chi connectivity index (χ2n) is 9.59. The quantitative estimate of drug-likeness (QED) is 0.552. The fourth-order valence-corrected chi connectivity index (χ4v) is 3.90. The fourth-order valence-electron chi connectivity index (χ4n) is 3.90. The van der Waals surface area contributed by atoms with E-state index in [0.29, 0.717) is 22.4 Å². The van der Waals surface area contributed by atoms with Gasteiger partial charge in [0, 0.05) is 6.54 Å². The molecule has 1 aliphatic heterocycles. The minimum atomic E-state index is -4.53. The molecule has 0 saturated carbocycles. The number of aliphatic carboxylic acids is 1. The van der Waals surface area contributed by atoms with Gasteiger partial charge in [0.25, 0.3) is 5.91 Å². The molecule has 1 fully saturated rings. The Morgan fingerprint density at radius 2 is 1.54 bits per heavy atom. The number of hydrogen-bond acceptors (Lipinski definition) is 4. The van der Waals surface area contributed by atoms with Crippen LogP contribution in [0.3, 0.4) is 0 Å². The van der Waals surface area contributed by atoms with Gasteiger partial charge in [-0.3, -0.25) is 4.79 Å². The summed E-state index contributed by atoms with van der Waals surface area (Å²) >= 11 is 0. The molecule has 0 aliphatic carbocycles. The number of rotatable bonds is 6. The second-order valence-corrected chi connectivity index (χ2v) is 9.59. The third-order valence-electron chi connectivity index (χ3n) is 6.01. The Bertz CT molecular complexity index is 1160. The minimum absolute atomic E-state index is 0.0515. The van der Waals surface area contributed by atoms with Gasteiger partial charge in [-0.1, -0.05) is 12.1 Å². The fraction of sp³-hybridized carbons (Fsp3) is 0.400. The molecule has 1 aliphatic rings. The van der Waals surface area contributed by atoms with Crippen LogP contribution in [0.25, 0.3) is 0 Å². The summed E-state index contributed by atoms with van der Waals surface area (Å²) in [4.78, 5) is 40.0. The van der Waals surface area contributed by atoms with Gasteiger partial charge in [0.2, 0.25) is 0 Å². The molecule has 188 valence electrons. The Labute approximate surface area is 201 Å². The Kier molecular flexibility index (Phi) is 6.39. The van der Waals surface area contributed by atoms with E-state index in [0.717, 1.165) is 29.2 Å². The van der Waals surface area contributed by atoms with Crippen LogP contribution < -0.4 is 9.64 Å². The number of ether oxygens (including phenoxy) is 1. The molecule has 2 aromatic carbocycles. The first kappa shape index (κ1) is 26.1.